The predicted octanol–water partition coefficient (Wildman–Crippen LogP) is 2.09. The fraction of sp³-hybridized carbons (Fsp3) is 0.684. The molecule has 0 aromatic carbocycles. The van der Waals surface area contributed by atoms with E-state index in [-0.39, 0.29) is 12.2 Å². The van der Waals surface area contributed by atoms with Gasteiger partial charge in [0.1, 0.15) is 16.5 Å². The van der Waals surface area contributed by atoms with Crippen LogP contribution in [-0.2, 0) is 14.9 Å². The Labute approximate surface area is 176 Å². The second-order valence-corrected chi connectivity index (χ2v) is 11.2. The summed E-state index contributed by atoms with van der Waals surface area (Å²) in [4.78, 5) is 13.8. The van der Waals surface area contributed by atoms with Gasteiger partial charge in [0.2, 0.25) is 0 Å². The number of aryl methyl sites for hydroxylation is 3. The average Bonchev–Trinajstić information content (AvgIpc) is 2.94. The lowest BCUT2D eigenvalue weighted by Gasteiger charge is -2.40. The molecule has 10 heteroatoms. The van der Waals surface area contributed by atoms with E-state index in [2.05, 4.69) is 23.7 Å². The molecule has 4 rings (SSSR count). The van der Waals surface area contributed by atoms with E-state index in [1.54, 1.807) is 19.9 Å². The third-order valence-corrected chi connectivity index (χ3v) is 8.77. The molecule has 0 N–H and O–H groups in total. The molecule has 0 amide bonds. The monoisotopic (exact) mass is 439 g/mol. The molecule has 0 radical (unpaired) electrons. The zero-order valence-electron chi connectivity index (χ0n) is 17.7. The first-order chi connectivity index (χ1) is 13.7. The maximum Gasteiger partial charge on any atom is 0.282 e. The summed E-state index contributed by atoms with van der Waals surface area (Å²) in [5.74, 6) is 1.68. The number of nitrogens with zero attached hydrogens (tertiary/aromatic N) is 5. The first kappa shape index (κ1) is 20.9. The van der Waals surface area contributed by atoms with Crippen LogP contribution in [0.15, 0.2) is 0 Å². The first-order valence-electron chi connectivity index (χ1n) is 10.1. The summed E-state index contributed by atoms with van der Waals surface area (Å²) in [5, 5.41) is 1.10. The Bertz CT molecular complexity index is 1000. The van der Waals surface area contributed by atoms with E-state index < -0.39 is 10.2 Å². The van der Waals surface area contributed by atoms with Gasteiger partial charge in [-0.2, -0.15) is 17.0 Å². The standard InChI is InChI=1S/C19H29N5O3S2/c1-12-10-24(11-13(2)27-12)29(25,26)23-8-6-22(7-9-23)18-17-14(3)15(4)28-19(17)21-16(5)20-18/h12-13H,6-11H2,1-5H3/t12-,13+. The van der Waals surface area contributed by atoms with Gasteiger partial charge in [-0.25, -0.2) is 9.97 Å². The van der Waals surface area contributed by atoms with Crippen molar-refractivity contribution >= 4 is 37.6 Å². The van der Waals surface area contributed by atoms with Crippen molar-refractivity contribution in [2.45, 2.75) is 46.8 Å². The van der Waals surface area contributed by atoms with Gasteiger partial charge in [-0.05, 0) is 40.2 Å². The van der Waals surface area contributed by atoms with Gasteiger partial charge < -0.3 is 9.64 Å². The number of ether oxygens (including phenoxy) is 1. The highest BCUT2D eigenvalue weighted by atomic mass is 32.2. The van der Waals surface area contributed by atoms with Gasteiger partial charge in [0, 0.05) is 44.1 Å². The van der Waals surface area contributed by atoms with E-state index in [0.29, 0.717) is 39.3 Å². The van der Waals surface area contributed by atoms with Crippen LogP contribution in [0.5, 0.6) is 0 Å². The smallest absolute Gasteiger partial charge is 0.282 e. The molecule has 2 atom stereocenters. The summed E-state index contributed by atoms with van der Waals surface area (Å²) >= 11 is 1.69. The second kappa shape index (κ2) is 7.73. The first-order valence-corrected chi connectivity index (χ1v) is 12.3. The van der Waals surface area contributed by atoms with E-state index in [9.17, 15) is 8.42 Å². The van der Waals surface area contributed by atoms with Crippen LogP contribution in [0.25, 0.3) is 10.2 Å². The van der Waals surface area contributed by atoms with Gasteiger partial charge in [0.05, 0.1) is 17.6 Å². The van der Waals surface area contributed by atoms with Crippen molar-refractivity contribution in [3.63, 3.8) is 0 Å². The van der Waals surface area contributed by atoms with E-state index in [0.717, 1.165) is 21.9 Å². The van der Waals surface area contributed by atoms with E-state index >= 15 is 0 Å². The minimum atomic E-state index is -3.48. The maximum absolute atomic E-state index is 13.2. The Morgan fingerprint density at radius 3 is 2.21 bits per heavy atom. The molecule has 2 aliphatic heterocycles. The Morgan fingerprint density at radius 2 is 1.59 bits per heavy atom. The minimum Gasteiger partial charge on any atom is -0.373 e. The van der Waals surface area contributed by atoms with Crippen molar-refractivity contribution in [3.05, 3.63) is 16.3 Å². The molecule has 8 nitrogen and oxygen atoms in total. The topological polar surface area (TPSA) is 78.9 Å². The van der Waals surface area contributed by atoms with Crippen LogP contribution < -0.4 is 4.90 Å². The van der Waals surface area contributed by atoms with Gasteiger partial charge in [-0.3, -0.25) is 0 Å². The van der Waals surface area contributed by atoms with Gasteiger partial charge in [-0.1, -0.05) is 0 Å². The van der Waals surface area contributed by atoms with Crippen LogP contribution in [0, 0.1) is 20.8 Å². The molecular formula is C19H29N5O3S2. The minimum absolute atomic E-state index is 0.0862. The number of piperazine rings is 1. The van der Waals surface area contributed by atoms with Crippen LogP contribution in [0.1, 0.15) is 30.1 Å². The number of hydrogen-bond acceptors (Lipinski definition) is 7. The summed E-state index contributed by atoms with van der Waals surface area (Å²) in [5.41, 5.74) is 1.21. The highest BCUT2D eigenvalue weighted by molar-refractivity contribution is 7.86. The quantitative estimate of drug-likeness (QED) is 0.729. The van der Waals surface area contributed by atoms with E-state index in [1.807, 2.05) is 20.8 Å². The number of morpholine rings is 1. The fourth-order valence-corrected chi connectivity index (χ4v) is 6.99. The van der Waals surface area contributed by atoms with Crippen molar-refractivity contribution in [1.82, 2.24) is 18.6 Å². The fourth-order valence-electron chi connectivity index (χ4n) is 4.17. The molecule has 4 heterocycles. The van der Waals surface area contributed by atoms with Gasteiger partial charge >= 0.3 is 0 Å². The lowest BCUT2D eigenvalue weighted by molar-refractivity contribution is -0.0455. The number of anilines is 1. The Morgan fingerprint density at radius 1 is 0.966 bits per heavy atom. The van der Waals surface area contributed by atoms with Crippen molar-refractivity contribution in [2.24, 2.45) is 0 Å². The van der Waals surface area contributed by atoms with Crippen LogP contribution in [0.4, 0.5) is 5.82 Å². The average molecular weight is 440 g/mol. The molecule has 29 heavy (non-hydrogen) atoms. The molecule has 0 saturated carbocycles. The summed E-state index contributed by atoms with van der Waals surface area (Å²) in [6.07, 6.45) is -0.172. The zero-order valence-corrected chi connectivity index (χ0v) is 19.3. The van der Waals surface area contributed by atoms with E-state index in [4.69, 9.17) is 9.72 Å². The molecular weight excluding hydrogens is 410 g/mol. The largest absolute Gasteiger partial charge is 0.373 e. The van der Waals surface area contributed by atoms with Crippen molar-refractivity contribution in [3.8, 4) is 0 Å². The number of thiophene rings is 1. The van der Waals surface area contributed by atoms with Crippen LogP contribution in [-0.4, -0.2) is 78.5 Å². The van der Waals surface area contributed by atoms with E-state index in [1.165, 1.54) is 10.4 Å². The summed E-state index contributed by atoms with van der Waals surface area (Å²) in [6, 6.07) is 0. The molecule has 2 aromatic heterocycles. The lowest BCUT2D eigenvalue weighted by Crippen LogP contribution is -2.57. The number of hydrogen-bond donors (Lipinski definition) is 0. The molecule has 2 aliphatic rings. The molecule has 0 spiro atoms. The third kappa shape index (κ3) is 3.88. The highest BCUT2D eigenvalue weighted by Gasteiger charge is 2.37. The molecule has 160 valence electrons. The highest BCUT2D eigenvalue weighted by Crippen LogP contribution is 2.35. The number of aromatic nitrogens is 2. The Hall–Kier alpha value is -1.33. The van der Waals surface area contributed by atoms with Gasteiger partial charge in [0.25, 0.3) is 10.2 Å². The molecule has 0 aliphatic carbocycles. The normalized spacial score (nSPS) is 25.1. The molecule has 2 saturated heterocycles. The number of rotatable bonds is 3. The summed E-state index contributed by atoms with van der Waals surface area (Å²) in [6.45, 7) is 12.9. The van der Waals surface area contributed by atoms with Gasteiger partial charge in [-0.15, -0.1) is 11.3 Å². The van der Waals surface area contributed by atoms with Crippen LogP contribution in [0.3, 0.4) is 0 Å². The predicted molar refractivity (Wildman–Crippen MR) is 116 cm³/mol. The number of fused-ring (bicyclic) bond motifs is 1. The Balaban J connectivity index is 1.54. The molecule has 0 unspecified atom stereocenters. The Kier molecular flexibility index (Phi) is 5.58. The van der Waals surface area contributed by atoms with Crippen molar-refractivity contribution in [2.75, 3.05) is 44.2 Å². The van der Waals surface area contributed by atoms with Gasteiger partial charge in [0.15, 0.2) is 0 Å². The summed E-state index contributed by atoms with van der Waals surface area (Å²) < 4.78 is 35.2. The molecule has 0 bridgehead atoms. The van der Waals surface area contributed by atoms with Crippen LogP contribution >= 0.6 is 11.3 Å². The summed E-state index contributed by atoms with van der Waals surface area (Å²) in [7, 11) is -3.48. The zero-order chi connectivity index (χ0) is 20.9. The van der Waals surface area contributed by atoms with Crippen molar-refractivity contribution in [1.29, 1.82) is 0 Å². The SMILES string of the molecule is Cc1nc(N2CCN(S(=O)(=O)N3C[C@@H](C)O[C@@H](C)C3)CC2)c2c(C)c(C)sc2n1. The third-order valence-electron chi connectivity index (χ3n) is 5.70. The molecule has 2 aromatic rings. The molecule has 2 fully saturated rings. The van der Waals surface area contributed by atoms with Crippen molar-refractivity contribution < 1.29 is 13.2 Å². The second-order valence-electron chi connectivity index (χ2n) is 8.03. The maximum atomic E-state index is 13.2. The van der Waals surface area contributed by atoms with Crippen LogP contribution in [0.2, 0.25) is 0 Å². The lowest BCUT2D eigenvalue weighted by atomic mass is 10.2.